The lowest BCUT2D eigenvalue weighted by Gasteiger charge is -2.35. The summed E-state index contributed by atoms with van der Waals surface area (Å²) >= 11 is 0. The molecule has 1 amide bonds. The minimum atomic E-state index is -0.0628. The van der Waals surface area contributed by atoms with Crippen LogP contribution in [0.3, 0.4) is 0 Å². The third-order valence-corrected chi connectivity index (χ3v) is 4.92. The zero-order valence-corrected chi connectivity index (χ0v) is 15.5. The van der Waals surface area contributed by atoms with Gasteiger partial charge in [0.1, 0.15) is 11.5 Å². The Bertz CT molecular complexity index is 952. The fourth-order valence-electron chi connectivity index (χ4n) is 3.63. The van der Waals surface area contributed by atoms with Gasteiger partial charge < -0.3 is 9.47 Å². The second-order valence-electron chi connectivity index (χ2n) is 6.84. The summed E-state index contributed by atoms with van der Waals surface area (Å²) in [5, 5.41) is 0. The summed E-state index contributed by atoms with van der Waals surface area (Å²) in [6.07, 6.45) is 9.91. The Kier molecular flexibility index (Phi) is 4.66. The Hall–Kier alpha value is -3.09. The lowest BCUT2D eigenvalue weighted by Crippen LogP contribution is -2.39. The molecule has 0 saturated carbocycles. The van der Waals surface area contributed by atoms with Crippen LogP contribution in [0.4, 0.5) is 0 Å². The number of likely N-dealkylation sites (tertiary alicyclic amines) is 1. The smallest absolute Gasteiger partial charge is 0.255 e. The average molecular weight is 362 g/mol. The van der Waals surface area contributed by atoms with Crippen LogP contribution in [0, 0.1) is 6.92 Å². The molecule has 0 unspecified atom stereocenters. The van der Waals surface area contributed by atoms with Gasteiger partial charge in [-0.2, -0.15) is 0 Å². The number of pyridine rings is 1. The van der Waals surface area contributed by atoms with Gasteiger partial charge in [-0.3, -0.25) is 9.78 Å². The van der Waals surface area contributed by atoms with E-state index in [-0.39, 0.29) is 11.9 Å². The summed E-state index contributed by atoms with van der Waals surface area (Å²) in [4.78, 5) is 32.7. The highest BCUT2D eigenvalue weighted by atomic mass is 16.2. The number of hydrogen-bond acceptors (Lipinski definition) is 5. The van der Waals surface area contributed by atoms with Crippen LogP contribution in [0.15, 0.2) is 43.0 Å². The highest BCUT2D eigenvalue weighted by Gasteiger charge is 2.30. The number of aryl methyl sites for hydroxylation is 2. The first-order valence-electron chi connectivity index (χ1n) is 9.18. The van der Waals surface area contributed by atoms with E-state index in [2.05, 4.69) is 19.9 Å². The number of hydrogen-bond donors (Lipinski definition) is 0. The summed E-state index contributed by atoms with van der Waals surface area (Å²) in [6, 6.07) is 5.51. The molecule has 0 N–H and O–H groups in total. The monoisotopic (exact) mass is 362 g/mol. The maximum atomic E-state index is 13.1. The topological polar surface area (TPSA) is 76.8 Å². The van der Waals surface area contributed by atoms with E-state index in [0.29, 0.717) is 11.4 Å². The number of carbonyl (C=O) groups excluding carboxylic acids is 1. The van der Waals surface area contributed by atoms with Crippen molar-refractivity contribution in [3.8, 4) is 11.5 Å². The Morgan fingerprint density at radius 3 is 2.85 bits per heavy atom. The highest BCUT2D eigenvalue weighted by Crippen LogP contribution is 2.32. The number of aromatic nitrogens is 5. The van der Waals surface area contributed by atoms with Crippen molar-refractivity contribution in [3.05, 3.63) is 60.1 Å². The molecule has 1 saturated heterocycles. The van der Waals surface area contributed by atoms with Gasteiger partial charge in [-0.1, -0.05) is 0 Å². The Labute approximate surface area is 158 Å². The molecule has 0 spiro atoms. The van der Waals surface area contributed by atoms with Gasteiger partial charge in [-0.05, 0) is 44.4 Å². The molecule has 3 aromatic heterocycles. The van der Waals surface area contributed by atoms with Crippen molar-refractivity contribution in [1.82, 2.24) is 29.4 Å². The molecule has 0 aromatic carbocycles. The minimum Gasteiger partial charge on any atom is -0.333 e. The number of piperidine rings is 1. The molecule has 138 valence electrons. The molecule has 4 rings (SSSR count). The van der Waals surface area contributed by atoms with Crippen molar-refractivity contribution >= 4 is 5.91 Å². The molecule has 1 aliphatic heterocycles. The predicted molar refractivity (Wildman–Crippen MR) is 101 cm³/mol. The number of nitrogens with zero attached hydrogens (tertiary/aromatic N) is 6. The van der Waals surface area contributed by atoms with Crippen molar-refractivity contribution in [2.75, 3.05) is 6.54 Å². The molecular formula is C20H22N6O. The van der Waals surface area contributed by atoms with Gasteiger partial charge >= 0.3 is 0 Å². The molecule has 0 bridgehead atoms. The zero-order valence-electron chi connectivity index (χ0n) is 15.5. The maximum Gasteiger partial charge on any atom is 0.255 e. The molecular weight excluding hydrogens is 340 g/mol. The molecule has 1 atom stereocenters. The third-order valence-electron chi connectivity index (χ3n) is 4.92. The van der Waals surface area contributed by atoms with Gasteiger partial charge in [0.25, 0.3) is 5.91 Å². The molecule has 7 nitrogen and oxygen atoms in total. The van der Waals surface area contributed by atoms with E-state index in [4.69, 9.17) is 0 Å². The lowest BCUT2D eigenvalue weighted by atomic mass is 9.97. The van der Waals surface area contributed by atoms with E-state index in [1.54, 1.807) is 24.7 Å². The van der Waals surface area contributed by atoms with Crippen LogP contribution >= 0.6 is 0 Å². The van der Waals surface area contributed by atoms with Gasteiger partial charge in [0.2, 0.25) is 0 Å². The van der Waals surface area contributed by atoms with E-state index < -0.39 is 0 Å². The fraction of sp³-hybridized carbons (Fsp3) is 0.350. The van der Waals surface area contributed by atoms with Crippen LogP contribution < -0.4 is 0 Å². The van der Waals surface area contributed by atoms with E-state index in [1.807, 2.05) is 41.8 Å². The minimum absolute atomic E-state index is 0.00241. The van der Waals surface area contributed by atoms with Crippen LogP contribution in [0.5, 0.6) is 0 Å². The van der Waals surface area contributed by atoms with Crippen LogP contribution in [-0.4, -0.2) is 41.9 Å². The molecule has 1 aliphatic rings. The lowest BCUT2D eigenvalue weighted by molar-refractivity contribution is 0.0605. The standard InChI is InChI=1S/C20H22N6O/c1-14-23-16(12-17(24-14)19-22-9-11-25(19)2)18-7-3-4-10-26(18)20(27)15-6-5-8-21-13-15/h5-6,8-9,11-13,18H,3-4,7,10H2,1-2H3/t18-/m1/s1. The third kappa shape index (κ3) is 3.45. The highest BCUT2D eigenvalue weighted by molar-refractivity contribution is 5.94. The summed E-state index contributed by atoms with van der Waals surface area (Å²) in [5.41, 5.74) is 2.27. The number of amides is 1. The first-order chi connectivity index (χ1) is 13.1. The van der Waals surface area contributed by atoms with Crippen LogP contribution in [0.2, 0.25) is 0 Å². The molecule has 0 radical (unpaired) electrons. The number of imidazole rings is 1. The second kappa shape index (κ2) is 7.26. The van der Waals surface area contributed by atoms with Crippen molar-refractivity contribution in [2.24, 2.45) is 7.05 Å². The first-order valence-corrected chi connectivity index (χ1v) is 9.18. The van der Waals surface area contributed by atoms with E-state index in [0.717, 1.165) is 43.0 Å². The predicted octanol–water partition coefficient (Wildman–Crippen LogP) is 2.95. The quantitative estimate of drug-likeness (QED) is 0.716. The summed E-state index contributed by atoms with van der Waals surface area (Å²) in [5.74, 6) is 1.48. The van der Waals surface area contributed by atoms with Crippen molar-refractivity contribution in [2.45, 2.75) is 32.2 Å². The summed E-state index contributed by atoms with van der Waals surface area (Å²) in [7, 11) is 1.94. The van der Waals surface area contributed by atoms with Crippen LogP contribution in [0.25, 0.3) is 11.5 Å². The zero-order chi connectivity index (χ0) is 18.8. The Morgan fingerprint density at radius 1 is 1.22 bits per heavy atom. The molecule has 4 heterocycles. The Balaban J connectivity index is 1.71. The maximum absolute atomic E-state index is 13.1. The molecule has 27 heavy (non-hydrogen) atoms. The van der Waals surface area contributed by atoms with Crippen LogP contribution in [-0.2, 0) is 7.05 Å². The number of carbonyl (C=O) groups is 1. The van der Waals surface area contributed by atoms with Crippen molar-refractivity contribution in [1.29, 1.82) is 0 Å². The molecule has 7 heteroatoms. The SMILES string of the molecule is Cc1nc(-c2nccn2C)cc([C@H]2CCCCN2C(=O)c2cccnc2)n1. The van der Waals surface area contributed by atoms with Crippen LogP contribution in [0.1, 0.15) is 47.2 Å². The average Bonchev–Trinajstić information content (AvgIpc) is 3.13. The van der Waals surface area contributed by atoms with Gasteiger partial charge in [-0.25, -0.2) is 15.0 Å². The first kappa shape index (κ1) is 17.3. The molecule has 3 aromatic rings. The van der Waals surface area contributed by atoms with Gasteiger partial charge in [0.05, 0.1) is 17.3 Å². The second-order valence-corrected chi connectivity index (χ2v) is 6.84. The fourth-order valence-corrected chi connectivity index (χ4v) is 3.63. The van der Waals surface area contributed by atoms with E-state index in [9.17, 15) is 4.79 Å². The van der Waals surface area contributed by atoms with Gasteiger partial charge in [0, 0.05) is 38.4 Å². The van der Waals surface area contributed by atoms with Crippen molar-refractivity contribution in [3.63, 3.8) is 0 Å². The van der Waals surface area contributed by atoms with E-state index in [1.165, 1.54) is 0 Å². The molecule has 0 aliphatic carbocycles. The largest absolute Gasteiger partial charge is 0.333 e. The van der Waals surface area contributed by atoms with Gasteiger partial charge in [0.15, 0.2) is 5.82 Å². The number of rotatable bonds is 3. The van der Waals surface area contributed by atoms with Gasteiger partial charge in [-0.15, -0.1) is 0 Å². The summed E-state index contributed by atoms with van der Waals surface area (Å²) in [6.45, 7) is 2.60. The summed E-state index contributed by atoms with van der Waals surface area (Å²) < 4.78 is 1.94. The van der Waals surface area contributed by atoms with E-state index >= 15 is 0 Å². The molecule has 1 fully saturated rings. The Morgan fingerprint density at radius 2 is 2.11 bits per heavy atom. The normalized spacial score (nSPS) is 17.1. The van der Waals surface area contributed by atoms with Crippen molar-refractivity contribution < 1.29 is 4.79 Å².